The van der Waals surface area contributed by atoms with Gasteiger partial charge in [-0.2, -0.15) is 0 Å². The molecule has 5 nitrogen and oxygen atoms in total. The predicted molar refractivity (Wildman–Crippen MR) is 126 cm³/mol. The van der Waals surface area contributed by atoms with Crippen molar-refractivity contribution < 1.29 is 9.53 Å². The molecule has 0 unspecified atom stereocenters. The van der Waals surface area contributed by atoms with Crippen molar-refractivity contribution in [3.63, 3.8) is 0 Å². The molecule has 1 amide bonds. The second kappa shape index (κ2) is 9.18. The van der Waals surface area contributed by atoms with Crippen LogP contribution in [-0.4, -0.2) is 28.0 Å². The summed E-state index contributed by atoms with van der Waals surface area (Å²) < 4.78 is 5.93. The van der Waals surface area contributed by atoms with E-state index in [1.165, 1.54) is 17.3 Å². The summed E-state index contributed by atoms with van der Waals surface area (Å²) in [6.45, 7) is 4.48. The number of amides is 1. The van der Waals surface area contributed by atoms with E-state index in [-0.39, 0.29) is 5.91 Å². The lowest BCUT2D eigenvalue weighted by Crippen LogP contribution is -2.23. The summed E-state index contributed by atoms with van der Waals surface area (Å²) in [5.41, 5.74) is 4.13. The van der Waals surface area contributed by atoms with Crippen LogP contribution in [-0.2, 0) is 11.4 Å². The fraction of sp³-hybridized carbons (Fsp3) is 0.160. The molecule has 1 aliphatic heterocycles. The molecule has 0 bridgehead atoms. The number of aromatic nitrogens is 1. The van der Waals surface area contributed by atoms with Crippen LogP contribution in [0.15, 0.2) is 76.6 Å². The lowest BCUT2D eigenvalue weighted by Gasteiger charge is -2.08. The number of thioether (sulfide) groups is 1. The first-order valence-electron chi connectivity index (χ1n) is 9.96. The van der Waals surface area contributed by atoms with Crippen LogP contribution in [0.25, 0.3) is 6.08 Å². The minimum Gasteiger partial charge on any atom is -0.489 e. The number of aliphatic imine (C=N–C) groups is 1. The molecule has 0 N–H and O–H groups in total. The van der Waals surface area contributed by atoms with Crippen LogP contribution in [0.5, 0.6) is 5.75 Å². The summed E-state index contributed by atoms with van der Waals surface area (Å²) in [6, 6.07) is 21.7. The third-order valence-electron chi connectivity index (χ3n) is 4.77. The van der Waals surface area contributed by atoms with Crippen molar-refractivity contribution in [3.8, 4) is 5.75 Å². The topological polar surface area (TPSA) is 54.8 Å². The third-order valence-corrected chi connectivity index (χ3v) is 5.83. The van der Waals surface area contributed by atoms with Crippen LogP contribution in [0.2, 0.25) is 0 Å². The van der Waals surface area contributed by atoms with Crippen LogP contribution in [0, 0.1) is 13.8 Å². The Bertz CT molecular complexity index is 1170. The van der Waals surface area contributed by atoms with Crippen LogP contribution in [0.4, 0.5) is 5.82 Å². The van der Waals surface area contributed by atoms with Gasteiger partial charge in [-0.3, -0.25) is 9.69 Å². The molecule has 2 heterocycles. The first kappa shape index (κ1) is 20.9. The zero-order chi connectivity index (χ0) is 21.8. The van der Waals surface area contributed by atoms with Gasteiger partial charge in [-0.15, -0.1) is 0 Å². The fourth-order valence-electron chi connectivity index (χ4n) is 3.04. The van der Waals surface area contributed by atoms with E-state index in [4.69, 9.17) is 4.74 Å². The van der Waals surface area contributed by atoms with Crippen molar-refractivity contribution in [1.82, 2.24) is 9.88 Å². The van der Waals surface area contributed by atoms with E-state index in [0.29, 0.717) is 22.5 Å². The maximum absolute atomic E-state index is 12.7. The first-order valence-corrected chi connectivity index (χ1v) is 10.8. The lowest BCUT2D eigenvalue weighted by atomic mass is 10.1. The number of pyridine rings is 1. The number of hydrogen-bond donors (Lipinski definition) is 0. The average molecular weight is 430 g/mol. The van der Waals surface area contributed by atoms with E-state index < -0.39 is 0 Å². The van der Waals surface area contributed by atoms with Gasteiger partial charge in [-0.25, -0.2) is 9.98 Å². The van der Waals surface area contributed by atoms with Crippen molar-refractivity contribution in [2.75, 3.05) is 7.05 Å². The number of hydrogen-bond acceptors (Lipinski definition) is 5. The van der Waals surface area contributed by atoms with Crippen molar-refractivity contribution in [2.24, 2.45) is 4.99 Å². The number of amidine groups is 1. The summed E-state index contributed by atoms with van der Waals surface area (Å²) in [7, 11) is 1.73. The van der Waals surface area contributed by atoms with E-state index in [2.05, 4.69) is 41.2 Å². The Labute approximate surface area is 186 Å². The molecular formula is C25H23N3O2S. The molecular weight excluding hydrogens is 406 g/mol. The molecule has 6 heteroatoms. The van der Waals surface area contributed by atoms with Crippen LogP contribution in [0.1, 0.15) is 22.4 Å². The van der Waals surface area contributed by atoms with Crippen molar-refractivity contribution >= 4 is 34.7 Å². The Balaban J connectivity index is 1.49. The molecule has 0 atom stereocenters. The standard InChI is InChI=1S/C25H23N3O2S/c1-17-10-12-19(13-11-17)16-30-21-8-5-7-20(14-21)15-22-24(29)28(3)25(31-22)27-23-9-4-6-18(2)26-23/h4-15H,16H2,1-3H3/b22-15-,27-25+. The highest BCUT2D eigenvalue weighted by molar-refractivity contribution is 8.18. The van der Waals surface area contributed by atoms with Gasteiger partial charge in [0, 0.05) is 12.7 Å². The maximum atomic E-state index is 12.7. The number of nitrogens with zero attached hydrogens (tertiary/aromatic N) is 3. The number of likely N-dealkylation sites (N-methyl/N-ethyl adjacent to an activating group) is 1. The number of ether oxygens (including phenoxy) is 1. The molecule has 1 aliphatic rings. The second-order valence-electron chi connectivity index (χ2n) is 7.35. The van der Waals surface area contributed by atoms with Crippen molar-refractivity contribution in [2.45, 2.75) is 20.5 Å². The van der Waals surface area contributed by atoms with Gasteiger partial charge in [-0.1, -0.05) is 48.0 Å². The molecule has 0 aliphatic carbocycles. The first-order chi connectivity index (χ1) is 15.0. The minimum atomic E-state index is -0.0811. The Hall–Kier alpha value is -3.38. The molecule has 0 spiro atoms. The van der Waals surface area contributed by atoms with E-state index >= 15 is 0 Å². The van der Waals surface area contributed by atoms with E-state index in [0.717, 1.165) is 22.6 Å². The summed E-state index contributed by atoms with van der Waals surface area (Å²) >= 11 is 1.35. The quantitative estimate of drug-likeness (QED) is 0.502. The molecule has 31 heavy (non-hydrogen) atoms. The summed E-state index contributed by atoms with van der Waals surface area (Å²) in [4.78, 5) is 23.8. The van der Waals surface area contributed by atoms with E-state index in [9.17, 15) is 4.79 Å². The van der Waals surface area contributed by atoms with Crippen molar-refractivity contribution in [3.05, 3.63) is 94.0 Å². The highest BCUT2D eigenvalue weighted by Crippen LogP contribution is 2.33. The highest BCUT2D eigenvalue weighted by Gasteiger charge is 2.30. The maximum Gasteiger partial charge on any atom is 0.266 e. The predicted octanol–water partition coefficient (Wildman–Crippen LogP) is 5.51. The Morgan fingerprint density at radius 1 is 1.06 bits per heavy atom. The van der Waals surface area contributed by atoms with E-state index in [1.54, 1.807) is 11.9 Å². The monoisotopic (exact) mass is 429 g/mol. The van der Waals surface area contributed by atoms with Gasteiger partial charge in [0.15, 0.2) is 11.0 Å². The highest BCUT2D eigenvalue weighted by atomic mass is 32.2. The largest absolute Gasteiger partial charge is 0.489 e. The number of aryl methyl sites for hydroxylation is 2. The summed E-state index contributed by atoms with van der Waals surface area (Å²) in [5.74, 6) is 1.27. The SMILES string of the molecule is Cc1ccc(COc2cccc(/C=C3\S/C(=N/c4cccc(C)n4)N(C)C3=O)c2)cc1. The third kappa shape index (κ3) is 5.22. The van der Waals surface area contributed by atoms with Crippen LogP contribution < -0.4 is 4.74 Å². The van der Waals surface area contributed by atoms with Crippen LogP contribution >= 0.6 is 11.8 Å². The van der Waals surface area contributed by atoms with Crippen molar-refractivity contribution in [1.29, 1.82) is 0 Å². The van der Waals surface area contributed by atoms with Gasteiger partial charge in [0.2, 0.25) is 0 Å². The van der Waals surface area contributed by atoms with Gasteiger partial charge < -0.3 is 4.74 Å². The lowest BCUT2D eigenvalue weighted by molar-refractivity contribution is -0.121. The number of carbonyl (C=O) groups excluding carboxylic acids is 1. The van der Waals surface area contributed by atoms with E-state index in [1.807, 2.05) is 55.5 Å². The van der Waals surface area contributed by atoms with Gasteiger partial charge in [0.05, 0.1) is 4.91 Å². The fourth-order valence-corrected chi connectivity index (χ4v) is 4.01. The molecule has 4 rings (SSSR count). The minimum absolute atomic E-state index is 0.0811. The van der Waals surface area contributed by atoms with Gasteiger partial charge in [0.25, 0.3) is 5.91 Å². The molecule has 156 valence electrons. The summed E-state index contributed by atoms with van der Waals surface area (Å²) in [5, 5.41) is 0.612. The zero-order valence-corrected chi connectivity index (χ0v) is 18.5. The molecule has 0 saturated carbocycles. The van der Waals surface area contributed by atoms with Crippen LogP contribution in [0.3, 0.4) is 0 Å². The van der Waals surface area contributed by atoms with Gasteiger partial charge >= 0.3 is 0 Å². The second-order valence-corrected chi connectivity index (χ2v) is 8.36. The number of carbonyl (C=O) groups is 1. The molecule has 1 aromatic heterocycles. The molecule has 1 fully saturated rings. The summed E-state index contributed by atoms with van der Waals surface area (Å²) in [6.07, 6.45) is 1.87. The van der Waals surface area contributed by atoms with Gasteiger partial charge in [0.1, 0.15) is 12.4 Å². The number of rotatable bonds is 5. The van der Waals surface area contributed by atoms with Gasteiger partial charge in [-0.05, 0) is 67.1 Å². The average Bonchev–Trinajstić information content (AvgIpc) is 3.01. The smallest absolute Gasteiger partial charge is 0.266 e. The number of benzene rings is 2. The normalized spacial score (nSPS) is 16.4. The zero-order valence-electron chi connectivity index (χ0n) is 17.7. The Morgan fingerprint density at radius 2 is 1.84 bits per heavy atom. The molecule has 0 radical (unpaired) electrons. The molecule has 2 aromatic carbocycles. The Kier molecular flexibility index (Phi) is 6.18. The Morgan fingerprint density at radius 3 is 2.61 bits per heavy atom. The molecule has 1 saturated heterocycles. The molecule has 3 aromatic rings.